The molecule has 6 nitrogen and oxygen atoms in total. The van der Waals surface area contributed by atoms with E-state index in [4.69, 9.17) is 4.42 Å². The average Bonchev–Trinajstić information content (AvgIpc) is 3.22. The van der Waals surface area contributed by atoms with E-state index < -0.39 is 11.8 Å². The van der Waals surface area contributed by atoms with Gasteiger partial charge in [0.05, 0.1) is 5.52 Å². The molecule has 28 heavy (non-hydrogen) atoms. The predicted molar refractivity (Wildman–Crippen MR) is 101 cm³/mol. The molecule has 0 unspecified atom stereocenters. The first-order valence-corrected chi connectivity index (χ1v) is 8.42. The Morgan fingerprint density at radius 2 is 1.57 bits per heavy atom. The van der Waals surface area contributed by atoms with Gasteiger partial charge in [-0.25, -0.2) is 9.37 Å². The highest BCUT2D eigenvalue weighted by Gasteiger charge is 2.14. The Hall–Kier alpha value is -4.00. The molecule has 2 aromatic heterocycles. The van der Waals surface area contributed by atoms with Gasteiger partial charge >= 0.3 is 5.91 Å². The number of rotatable bonds is 3. The van der Waals surface area contributed by atoms with Crippen molar-refractivity contribution in [1.82, 2.24) is 15.8 Å². The van der Waals surface area contributed by atoms with Gasteiger partial charge < -0.3 is 4.42 Å². The number of fused-ring (bicyclic) bond motifs is 1. The number of pyridine rings is 1. The first-order valence-electron chi connectivity index (χ1n) is 8.42. The summed E-state index contributed by atoms with van der Waals surface area (Å²) >= 11 is 0. The van der Waals surface area contributed by atoms with Crippen LogP contribution in [-0.2, 0) is 0 Å². The fraction of sp³-hybridized carbons (Fsp3) is 0. The van der Waals surface area contributed by atoms with Gasteiger partial charge in [0, 0.05) is 10.9 Å². The van der Waals surface area contributed by atoms with Gasteiger partial charge in [-0.2, -0.15) is 0 Å². The quantitative estimate of drug-likeness (QED) is 0.535. The van der Waals surface area contributed by atoms with Gasteiger partial charge in [-0.05, 0) is 48.5 Å². The minimum Gasteiger partial charge on any atom is -0.451 e. The number of amides is 2. The van der Waals surface area contributed by atoms with Crippen molar-refractivity contribution >= 4 is 22.7 Å². The first-order chi connectivity index (χ1) is 13.6. The molecule has 7 heteroatoms. The Morgan fingerprint density at radius 1 is 0.821 bits per heavy atom. The molecule has 0 aliphatic carbocycles. The Balaban J connectivity index is 1.42. The number of hydrazine groups is 1. The number of hydrogen-bond acceptors (Lipinski definition) is 4. The number of benzene rings is 2. The van der Waals surface area contributed by atoms with Gasteiger partial charge in [-0.1, -0.05) is 24.3 Å². The van der Waals surface area contributed by atoms with Crippen molar-refractivity contribution in [2.75, 3.05) is 0 Å². The monoisotopic (exact) mass is 375 g/mol. The number of furan rings is 1. The van der Waals surface area contributed by atoms with Crippen molar-refractivity contribution in [2.45, 2.75) is 0 Å². The number of carbonyl (C=O) groups is 2. The summed E-state index contributed by atoms with van der Waals surface area (Å²) in [7, 11) is 0. The Labute approximate surface area is 159 Å². The number of nitrogens with zero attached hydrogens (tertiary/aromatic N) is 1. The van der Waals surface area contributed by atoms with Gasteiger partial charge in [0.1, 0.15) is 17.3 Å². The summed E-state index contributed by atoms with van der Waals surface area (Å²) in [6.07, 6.45) is 0. The summed E-state index contributed by atoms with van der Waals surface area (Å²) in [5.74, 6) is -1.12. The number of para-hydroxylation sites is 1. The SMILES string of the molecule is O=C(NNC(=O)c1ccc(-c2ccc(F)cc2)o1)c1ccc2ccccc2n1. The number of carbonyl (C=O) groups excluding carboxylic acids is 2. The second kappa shape index (κ2) is 7.32. The lowest BCUT2D eigenvalue weighted by atomic mass is 10.2. The number of nitrogens with one attached hydrogen (secondary N) is 2. The predicted octanol–water partition coefficient (Wildman–Crippen LogP) is 3.71. The zero-order valence-electron chi connectivity index (χ0n) is 14.5. The Kier molecular flexibility index (Phi) is 4.55. The molecule has 0 aliphatic rings. The minimum atomic E-state index is -0.623. The molecule has 2 N–H and O–H groups in total. The van der Waals surface area contributed by atoms with Crippen LogP contribution in [0.5, 0.6) is 0 Å². The molecule has 4 rings (SSSR count). The number of aromatic nitrogens is 1. The van der Waals surface area contributed by atoms with Crippen molar-refractivity contribution < 1.29 is 18.4 Å². The van der Waals surface area contributed by atoms with Gasteiger partial charge in [-0.15, -0.1) is 0 Å². The fourth-order valence-corrected chi connectivity index (χ4v) is 2.66. The average molecular weight is 375 g/mol. The molecule has 2 heterocycles. The standard InChI is InChI=1S/C21H14FN3O3/c22-15-8-5-14(6-9-15)18-11-12-19(28-18)21(27)25-24-20(26)17-10-7-13-3-1-2-4-16(13)23-17/h1-12H,(H,24,26)(H,25,27). The van der Waals surface area contributed by atoms with E-state index in [2.05, 4.69) is 15.8 Å². The lowest BCUT2D eigenvalue weighted by Gasteiger charge is -2.06. The normalized spacial score (nSPS) is 10.6. The summed E-state index contributed by atoms with van der Waals surface area (Å²) in [5.41, 5.74) is 6.07. The Bertz CT molecular complexity index is 1170. The van der Waals surface area contributed by atoms with E-state index in [1.54, 1.807) is 36.4 Å². The summed E-state index contributed by atoms with van der Waals surface area (Å²) < 4.78 is 18.5. The summed E-state index contributed by atoms with van der Waals surface area (Å²) in [4.78, 5) is 28.7. The molecule has 0 radical (unpaired) electrons. The van der Waals surface area contributed by atoms with Crippen LogP contribution in [0, 0.1) is 5.82 Å². The second-order valence-corrected chi connectivity index (χ2v) is 5.97. The third-order valence-electron chi connectivity index (χ3n) is 4.08. The largest absolute Gasteiger partial charge is 0.451 e. The van der Waals surface area contributed by atoms with Crippen molar-refractivity contribution in [3.63, 3.8) is 0 Å². The van der Waals surface area contributed by atoms with Crippen LogP contribution in [0.1, 0.15) is 21.0 Å². The molecular weight excluding hydrogens is 361 g/mol. The van der Waals surface area contributed by atoms with Gasteiger partial charge in [-0.3, -0.25) is 20.4 Å². The molecular formula is C21H14FN3O3. The highest BCUT2D eigenvalue weighted by molar-refractivity contribution is 5.98. The molecule has 0 bridgehead atoms. The van der Waals surface area contributed by atoms with Crippen molar-refractivity contribution in [3.05, 3.63) is 90.1 Å². The van der Waals surface area contributed by atoms with Crippen LogP contribution in [-0.4, -0.2) is 16.8 Å². The third-order valence-corrected chi connectivity index (χ3v) is 4.08. The summed E-state index contributed by atoms with van der Waals surface area (Å²) in [6.45, 7) is 0. The maximum Gasteiger partial charge on any atom is 0.305 e. The molecule has 0 spiro atoms. The van der Waals surface area contributed by atoms with Crippen LogP contribution in [0.15, 0.2) is 77.2 Å². The van der Waals surface area contributed by atoms with Gasteiger partial charge in [0.15, 0.2) is 5.76 Å². The van der Waals surface area contributed by atoms with Gasteiger partial charge in [0.25, 0.3) is 5.91 Å². The zero-order valence-corrected chi connectivity index (χ0v) is 14.5. The van der Waals surface area contributed by atoms with E-state index in [0.29, 0.717) is 16.8 Å². The van der Waals surface area contributed by atoms with Crippen LogP contribution in [0.4, 0.5) is 4.39 Å². The smallest absolute Gasteiger partial charge is 0.305 e. The van der Waals surface area contributed by atoms with Gasteiger partial charge in [0.2, 0.25) is 0 Å². The first kappa shape index (κ1) is 17.4. The molecule has 138 valence electrons. The lowest BCUT2D eigenvalue weighted by Crippen LogP contribution is -2.41. The molecule has 0 fully saturated rings. The van der Waals surface area contributed by atoms with E-state index in [9.17, 15) is 14.0 Å². The van der Waals surface area contributed by atoms with E-state index in [1.165, 1.54) is 18.2 Å². The maximum absolute atomic E-state index is 13.0. The maximum atomic E-state index is 13.0. The van der Waals surface area contributed by atoms with Crippen molar-refractivity contribution in [2.24, 2.45) is 0 Å². The van der Waals surface area contributed by atoms with Crippen LogP contribution < -0.4 is 10.9 Å². The van der Waals surface area contributed by atoms with Crippen LogP contribution in [0.25, 0.3) is 22.2 Å². The Morgan fingerprint density at radius 3 is 2.39 bits per heavy atom. The molecule has 4 aromatic rings. The van der Waals surface area contributed by atoms with Crippen molar-refractivity contribution in [1.29, 1.82) is 0 Å². The fourth-order valence-electron chi connectivity index (χ4n) is 2.66. The highest BCUT2D eigenvalue weighted by Crippen LogP contribution is 2.22. The van der Waals surface area contributed by atoms with E-state index in [1.807, 2.05) is 18.2 Å². The number of hydrogen-bond donors (Lipinski definition) is 2. The van der Waals surface area contributed by atoms with Crippen LogP contribution >= 0.6 is 0 Å². The van der Waals surface area contributed by atoms with E-state index in [0.717, 1.165) is 5.39 Å². The summed E-state index contributed by atoms with van der Waals surface area (Å²) in [6, 6.07) is 19.5. The van der Waals surface area contributed by atoms with E-state index in [-0.39, 0.29) is 17.3 Å². The van der Waals surface area contributed by atoms with E-state index >= 15 is 0 Å². The molecule has 0 saturated carbocycles. The molecule has 2 aromatic carbocycles. The second-order valence-electron chi connectivity index (χ2n) is 5.97. The van der Waals surface area contributed by atoms with Crippen LogP contribution in [0.3, 0.4) is 0 Å². The van der Waals surface area contributed by atoms with Crippen molar-refractivity contribution in [3.8, 4) is 11.3 Å². The highest BCUT2D eigenvalue weighted by atomic mass is 19.1. The topological polar surface area (TPSA) is 84.2 Å². The summed E-state index contributed by atoms with van der Waals surface area (Å²) in [5, 5.41) is 0.909. The minimum absolute atomic E-state index is 0.00564. The molecule has 0 saturated heterocycles. The van der Waals surface area contributed by atoms with Crippen LogP contribution in [0.2, 0.25) is 0 Å². The molecule has 2 amide bonds. The lowest BCUT2D eigenvalue weighted by molar-refractivity contribution is 0.0829. The third kappa shape index (κ3) is 3.59. The number of halogens is 1. The zero-order chi connectivity index (χ0) is 19.5. The molecule has 0 atom stereocenters. The molecule has 0 aliphatic heterocycles.